The van der Waals surface area contributed by atoms with E-state index in [0.717, 1.165) is 55.7 Å². The van der Waals surface area contributed by atoms with Crippen LogP contribution in [0.15, 0.2) is 59.6 Å². The largest absolute Gasteiger partial charge is 0.457 e. The summed E-state index contributed by atoms with van der Waals surface area (Å²) in [5.74, 6) is 3.19. The van der Waals surface area contributed by atoms with E-state index in [4.69, 9.17) is 19.2 Å². The summed E-state index contributed by atoms with van der Waals surface area (Å²) in [7, 11) is 1.70. The lowest BCUT2D eigenvalue weighted by molar-refractivity contribution is 0.0536. The highest BCUT2D eigenvalue weighted by atomic mass is 127. The molecular weight excluding hydrogens is 505 g/mol. The van der Waals surface area contributed by atoms with E-state index in [1.54, 1.807) is 7.11 Å². The summed E-state index contributed by atoms with van der Waals surface area (Å²) < 4.78 is 16.6. The summed E-state index contributed by atoms with van der Waals surface area (Å²) in [6, 6.07) is 17.9. The highest BCUT2D eigenvalue weighted by molar-refractivity contribution is 14.0. The Labute approximate surface area is 203 Å². The summed E-state index contributed by atoms with van der Waals surface area (Å²) in [4.78, 5) is 7.19. The van der Waals surface area contributed by atoms with Crippen LogP contribution in [0.1, 0.15) is 18.9 Å². The third-order valence-corrected chi connectivity index (χ3v) is 5.02. The molecule has 1 unspecified atom stereocenters. The van der Waals surface area contributed by atoms with Crippen molar-refractivity contribution < 1.29 is 14.2 Å². The molecule has 2 aromatic carbocycles. The van der Waals surface area contributed by atoms with Gasteiger partial charge in [-0.2, -0.15) is 0 Å². The zero-order chi connectivity index (χ0) is 21.0. The van der Waals surface area contributed by atoms with Gasteiger partial charge in [0.2, 0.25) is 0 Å². The molecule has 1 fully saturated rings. The zero-order valence-electron chi connectivity index (χ0n) is 18.5. The number of aliphatic imine (C=N–C) groups is 1. The Morgan fingerprint density at radius 3 is 2.52 bits per heavy atom. The van der Waals surface area contributed by atoms with Gasteiger partial charge in [-0.1, -0.05) is 30.3 Å². The van der Waals surface area contributed by atoms with E-state index in [1.165, 1.54) is 0 Å². The van der Waals surface area contributed by atoms with Crippen molar-refractivity contribution in [1.29, 1.82) is 0 Å². The van der Waals surface area contributed by atoms with Gasteiger partial charge in [0.25, 0.3) is 0 Å². The van der Waals surface area contributed by atoms with E-state index in [0.29, 0.717) is 25.7 Å². The van der Waals surface area contributed by atoms with Crippen LogP contribution < -0.4 is 10.1 Å². The lowest BCUT2D eigenvalue weighted by Crippen LogP contribution is -2.40. The van der Waals surface area contributed by atoms with Crippen LogP contribution in [0.4, 0.5) is 0 Å². The molecular formula is C24H34IN3O3. The Kier molecular flexibility index (Phi) is 11.7. The monoisotopic (exact) mass is 539 g/mol. The van der Waals surface area contributed by atoms with Gasteiger partial charge in [-0.15, -0.1) is 24.0 Å². The second kappa shape index (κ2) is 14.3. The van der Waals surface area contributed by atoms with Crippen LogP contribution in [0.3, 0.4) is 0 Å². The van der Waals surface area contributed by atoms with Gasteiger partial charge in [0.1, 0.15) is 11.5 Å². The molecule has 1 saturated heterocycles. The maximum atomic E-state index is 5.86. The second-order valence-electron chi connectivity index (χ2n) is 7.40. The summed E-state index contributed by atoms with van der Waals surface area (Å²) in [6.45, 7) is 7.67. The van der Waals surface area contributed by atoms with Crippen LogP contribution in [0.5, 0.6) is 11.5 Å². The number of nitrogens with one attached hydrogen (secondary N) is 1. The Hall–Kier alpha value is -1.84. The Morgan fingerprint density at radius 1 is 1.06 bits per heavy atom. The van der Waals surface area contributed by atoms with Crippen molar-refractivity contribution >= 4 is 29.9 Å². The number of benzene rings is 2. The summed E-state index contributed by atoms with van der Waals surface area (Å²) in [5.41, 5.74) is 1.16. The van der Waals surface area contributed by atoms with Crippen molar-refractivity contribution in [1.82, 2.24) is 10.2 Å². The first kappa shape index (κ1) is 25.4. The van der Waals surface area contributed by atoms with Crippen molar-refractivity contribution in [3.8, 4) is 11.5 Å². The highest BCUT2D eigenvalue weighted by Crippen LogP contribution is 2.21. The third-order valence-electron chi connectivity index (χ3n) is 5.02. The number of hydrogen-bond acceptors (Lipinski definition) is 4. The van der Waals surface area contributed by atoms with Gasteiger partial charge in [-0.25, -0.2) is 4.99 Å². The first-order valence-corrected chi connectivity index (χ1v) is 10.7. The number of hydrogen-bond donors (Lipinski definition) is 1. The van der Waals surface area contributed by atoms with Crippen LogP contribution in [0.25, 0.3) is 0 Å². The van der Waals surface area contributed by atoms with Gasteiger partial charge in [-0.05, 0) is 43.2 Å². The molecule has 0 aromatic heterocycles. The topological polar surface area (TPSA) is 55.3 Å². The Morgan fingerprint density at radius 2 is 1.81 bits per heavy atom. The van der Waals surface area contributed by atoms with Crippen LogP contribution in [0.2, 0.25) is 0 Å². The van der Waals surface area contributed by atoms with Crippen molar-refractivity contribution in [2.75, 3.05) is 46.6 Å². The molecule has 170 valence electrons. The molecule has 0 radical (unpaired) electrons. The number of guanidine groups is 1. The predicted molar refractivity (Wildman–Crippen MR) is 136 cm³/mol. The van der Waals surface area contributed by atoms with Gasteiger partial charge >= 0.3 is 0 Å². The fourth-order valence-corrected chi connectivity index (χ4v) is 3.43. The minimum Gasteiger partial charge on any atom is -0.457 e. The minimum absolute atomic E-state index is 0. The molecule has 2 aromatic rings. The molecule has 0 spiro atoms. The predicted octanol–water partition coefficient (Wildman–Crippen LogP) is 4.55. The third kappa shape index (κ3) is 8.66. The maximum absolute atomic E-state index is 5.86. The fourth-order valence-electron chi connectivity index (χ4n) is 3.43. The number of nitrogens with zero attached hydrogens (tertiary/aromatic N) is 2. The molecule has 1 aliphatic rings. The van der Waals surface area contributed by atoms with Crippen molar-refractivity contribution in [3.63, 3.8) is 0 Å². The lowest BCUT2D eigenvalue weighted by atomic mass is 10.1. The zero-order valence-corrected chi connectivity index (χ0v) is 20.8. The normalized spacial score (nSPS) is 16.1. The molecule has 1 N–H and O–H groups in total. The Balaban J connectivity index is 0.00000341. The van der Waals surface area contributed by atoms with Crippen LogP contribution in [-0.4, -0.2) is 57.4 Å². The van der Waals surface area contributed by atoms with Crippen molar-refractivity contribution in [2.24, 2.45) is 10.9 Å². The average Bonchev–Trinajstić information content (AvgIpc) is 3.25. The second-order valence-corrected chi connectivity index (χ2v) is 7.40. The molecule has 7 heteroatoms. The quantitative estimate of drug-likeness (QED) is 0.208. The highest BCUT2D eigenvalue weighted by Gasteiger charge is 2.24. The molecule has 0 bridgehead atoms. The molecule has 0 saturated carbocycles. The first-order valence-electron chi connectivity index (χ1n) is 10.7. The Bertz CT molecular complexity index is 771. The summed E-state index contributed by atoms with van der Waals surface area (Å²) in [6.07, 6.45) is 1.13. The van der Waals surface area contributed by atoms with Gasteiger partial charge in [0, 0.05) is 32.7 Å². The molecule has 0 amide bonds. The SMILES string of the molecule is CCNC(=NCc1ccc(Oc2ccccc2)cc1)N1CCC(COCCOC)C1.I. The maximum Gasteiger partial charge on any atom is 0.194 e. The lowest BCUT2D eigenvalue weighted by Gasteiger charge is -2.21. The molecule has 0 aliphatic carbocycles. The standard InChI is InChI=1S/C24H33N3O3.HI/c1-3-25-24(27-14-13-21(18-27)19-29-16-15-28-2)26-17-20-9-11-23(12-10-20)30-22-7-5-4-6-8-22;/h4-12,21H,3,13-19H2,1-2H3,(H,25,26);1H. The number of methoxy groups -OCH3 is 1. The smallest absolute Gasteiger partial charge is 0.194 e. The molecule has 1 heterocycles. The van der Waals surface area contributed by atoms with Crippen molar-refractivity contribution in [3.05, 3.63) is 60.2 Å². The fraction of sp³-hybridized carbons (Fsp3) is 0.458. The van der Waals surface area contributed by atoms with E-state index >= 15 is 0 Å². The number of rotatable bonds is 10. The number of halogens is 1. The van der Waals surface area contributed by atoms with Crippen LogP contribution in [-0.2, 0) is 16.0 Å². The summed E-state index contributed by atoms with van der Waals surface area (Å²) >= 11 is 0. The van der Waals surface area contributed by atoms with E-state index in [9.17, 15) is 0 Å². The summed E-state index contributed by atoms with van der Waals surface area (Å²) in [5, 5.41) is 3.43. The number of ether oxygens (including phenoxy) is 3. The van der Waals surface area contributed by atoms with E-state index in [2.05, 4.69) is 29.3 Å². The van der Waals surface area contributed by atoms with Crippen LogP contribution >= 0.6 is 24.0 Å². The molecule has 6 nitrogen and oxygen atoms in total. The molecule has 1 aliphatic heterocycles. The van der Waals surface area contributed by atoms with Gasteiger partial charge in [-0.3, -0.25) is 0 Å². The van der Waals surface area contributed by atoms with Crippen LogP contribution in [0, 0.1) is 5.92 Å². The average molecular weight is 539 g/mol. The molecule has 31 heavy (non-hydrogen) atoms. The van der Waals surface area contributed by atoms with E-state index in [-0.39, 0.29) is 24.0 Å². The van der Waals surface area contributed by atoms with Gasteiger partial charge in [0.05, 0.1) is 26.4 Å². The van der Waals surface area contributed by atoms with Gasteiger partial charge < -0.3 is 24.4 Å². The van der Waals surface area contributed by atoms with E-state index in [1.807, 2.05) is 42.5 Å². The minimum atomic E-state index is 0. The van der Waals surface area contributed by atoms with Crippen molar-refractivity contribution in [2.45, 2.75) is 19.9 Å². The molecule has 3 rings (SSSR count). The van der Waals surface area contributed by atoms with Gasteiger partial charge in [0.15, 0.2) is 5.96 Å². The number of para-hydroxylation sites is 1. The molecule has 1 atom stereocenters. The van der Waals surface area contributed by atoms with E-state index < -0.39 is 0 Å². The first-order chi connectivity index (χ1) is 14.8. The number of likely N-dealkylation sites (tertiary alicyclic amines) is 1.